The second kappa shape index (κ2) is 12.6. The van der Waals surface area contributed by atoms with Gasteiger partial charge in [0.25, 0.3) is 0 Å². The Morgan fingerprint density at radius 1 is 1.24 bits per heavy atom. The zero-order valence-electron chi connectivity index (χ0n) is 17.1. The summed E-state index contributed by atoms with van der Waals surface area (Å²) in [5.41, 5.74) is 1.29. The predicted molar refractivity (Wildman–Crippen MR) is 120 cm³/mol. The van der Waals surface area contributed by atoms with Gasteiger partial charge in [0.1, 0.15) is 0 Å². The quantitative estimate of drug-likeness (QED) is 0.263. The molecule has 0 aliphatic heterocycles. The highest BCUT2D eigenvalue weighted by atomic mass is 127. The average Bonchev–Trinajstić information content (AvgIpc) is 2.90. The maximum absolute atomic E-state index is 4.81. The van der Waals surface area contributed by atoms with Crippen LogP contribution in [0.2, 0.25) is 0 Å². The van der Waals surface area contributed by atoms with Crippen LogP contribution in [0.15, 0.2) is 23.3 Å². The van der Waals surface area contributed by atoms with Crippen LogP contribution in [-0.4, -0.2) is 59.1 Å². The van der Waals surface area contributed by atoms with E-state index in [1.54, 1.807) is 0 Å². The van der Waals surface area contributed by atoms with Crippen LogP contribution >= 0.6 is 24.0 Å². The zero-order valence-corrected chi connectivity index (χ0v) is 19.4. The molecule has 1 heterocycles. The number of hydrogen-bond donors (Lipinski definition) is 1. The molecule has 0 spiro atoms. The van der Waals surface area contributed by atoms with Crippen molar-refractivity contribution in [3.8, 4) is 0 Å². The van der Waals surface area contributed by atoms with Crippen molar-refractivity contribution in [2.45, 2.75) is 59.7 Å². The number of rotatable bonds is 9. The minimum atomic E-state index is 0. The molecule has 0 fully saturated rings. The van der Waals surface area contributed by atoms with Crippen LogP contribution in [0, 0.1) is 0 Å². The van der Waals surface area contributed by atoms with Crippen molar-refractivity contribution in [1.82, 2.24) is 19.7 Å². The van der Waals surface area contributed by atoms with Crippen LogP contribution in [0.3, 0.4) is 0 Å². The van der Waals surface area contributed by atoms with Crippen molar-refractivity contribution in [2.24, 2.45) is 12.0 Å². The lowest BCUT2D eigenvalue weighted by Gasteiger charge is -2.30. The largest absolute Gasteiger partial charge is 0.357 e. The summed E-state index contributed by atoms with van der Waals surface area (Å²) in [7, 11) is 4.18. The van der Waals surface area contributed by atoms with Gasteiger partial charge in [-0.15, -0.1) is 24.0 Å². The van der Waals surface area contributed by atoms with Crippen LogP contribution < -0.4 is 5.32 Å². The molecule has 25 heavy (non-hydrogen) atoms. The third-order valence-corrected chi connectivity index (χ3v) is 4.31. The number of aliphatic imine (C=N–C) groups is 1. The molecule has 1 aromatic heterocycles. The highest BCUT2D eigenvalue weighted by molar-refractivity contribution is 14.0. The van der Waals surface area contributed by atoms with E-state index in [1.807, 2.05) is 0 Å². The highest BCUT2D eigenvalue weighted by Gasteiger charge is 2.12. The third kappa shape index (κ3) is 8.44. The Labute approximate surface area is 171 Å². The molecular weight excluding hydrogens is 425 g/mol. The molecule has 146 valence electrons. The van der Waals surface area contributed by atoms with Gasteiger partial charge in [0, 0.05) is 57.7 Å². The Hall–Kier alpha value is -0.760. The van der Waals surface area contributed by atoms with Crippen molar-refractivity contribution in [1.29, 1.82) is 0 Å². The number of halogens is 1. The average molecular weight is 463 g/mol. The SMILES string of the molecule is CCNC(=NCCCN(C(C)C)C(C)C)N(C)Cc1cccn1C.I. The molecule has 1 N–H and O–H groups in total. The second-order valence-electron chi connectivity index (χ2n) is 6.98. The molecule has 0 unspecified atom stereocenters. The minimum absolute atomic E-state index is 0. The Morgan fingerprint density at radius 2 is 1.88 bits per heavy atom. The zero-order chi connectivity index (χ0) is 18.1. The van der Waals surface area contributed by atoms with Gasteiger partial charge >= 0.3 is 0 Å². The van der Waals surface area contributed by atoms with Gasteiger partial charge in [0.15, 0.2) is 5.96 Å². The molecule has 0 saturated carbocycles. The number of hydrogen-bond acceptors (Lipinski definition) is 2. The number of aryl methyl sites for hydroxylation is 1. The summed E-state index contributed by atoms with van der Waals surface area (Å²) in [4.78, 5) is 9.53. The molecule has 1 aromatic rings. The lowest BCUT2D eigenvalue weighted by Crippen LogP contribution is -2.39. The van der Waals surface area contributed by atoms with Gasteiger partial charge in [-0.25, -0.2) is 0 Å². The maximum atomic E-state index is 4.81. The summed E-state index contributed by atoms with van der Waals surface area (Å²) in [5.74, 6) is 0.986. The normalized spacial score (nSPS) is 12.0. The van der Waals surface area contributed by atoms with E-state index in [-0.39, 0.29) is 24.0 Å². The van der Waals surface area contributed by atoms with E-state index in [1.165, 1.54) is 5.69 Å². The molecule has 6 heteroatoms. The molecule has 0 amide bonds. The first-order chi connectivity index (χ1) is 11.4. The van der Waals surface area contributed by atoms with Gasteiger partial charge in [-0.3, -0.25) is 9.89 Å². The van der Waals surface area contributed by atoms with E-state index in [0.717, 1.165) is 38.6 Å². The summed E-state index contributed by atoms with van der Waals surface area (Å²) in [6.07, 6.45) is 3.17. The highest BCUT2D eigenvalue weighted by Crippen LogP contribution is 2.06. The Kier molecular flexibility index (Phi) is 12.2. The van der Waals surface area contributed by atoms with Crippen molar-refractivity contribution in [3.63, 3.8) is 0 Å². The molecule has 0 radical (unpaired) electrons. The molecule has 0 aromatic carbocycles. The van der Waals surface area contributed by atoms with E-state index in [4.69, 9.17) is 4.99 Å². The molecule has 1 rings (SSSR count). The van der Waals surface area contributed by atoms with E-state index >= 15 is 0 Å². The Balaban J connectivity index is 0.00000576. The molecular formula is C19H38IN5. The standard InChI is InChI=1S/C19H37N5.HI/c1-8-20-19(23(7)15-18-11-9-13-22(18)6)21-12-10-14-24(16(2)3)17(4)5;/h9,11,13,16-17H,8,10,12,14-15H2,1-7H3,(H,20,21);1H. The lowest BCUT2D eigenvalue weighted by atomic mass is 10.2. The minimum Gasteiger partial charge on any atom is -0.357 e. The van der Waals surface area contributed by atoms with Crippen LogP contribution in [0.4, 0.5) is 0 Å². The van der Waals surface area contributed by atoms with Crippen molar-refractivity contribution >= 4 is 29.9 Å². The van der Waals surface area contributed by atoms with Crippen molar-refractivity contribution in [3.05, 3.63) is 24.0 Å². The first kappa shape index (κ1) is 24.2. The maximum Gasteiger partial charge on any atom is 0.194 e. The smallest absolute Gasteiger partial charge is 0.194 e. The fraction of sp³-hybridized carbons (Fsp3) is 0.737. The fourth-order valence-electron chi connectivity index (χ4n) is 3.00. The third-order valence-electron chi connectivity index (χ3n) is 4.31. The van der Waals surface area contributed by atoms with Gasteiger partial charge in [0.2, 0.25) is 0 Å². The summed E-state index contributed by atoms with van der Waals surface area (Å²) >= 11 is 0. The van der Waals surface area contributed by atoms with Gasteiger partial charge in [0.05, 0.1) is 6.54 Å². The van der Waals surface area contributed by atoms with E-state index < -0.39 is 0 Å². The summed E-state index contributed by atoms with van der Waals surface area (Å²) in [6, 6.07) is 5.41. The topological polar surface area (TPSA) is 35.8 Å². The number of nitrogens with zero attached hydrogens (tertiary/aromatic N) is 4. The predicted octanol–water partition coefficient (Wildman–Crippen LogP) is 3.55. The summed E-state index contributed by atoms with van der Waals surface area (Å²) in [6.45, 7) is 14.9. The Bertz CT molecular complexity index is 488. The molecule has 0 aliphatic rings. The van der Waals surface area contributed by atoms with Crippen molar-refractivity contribution in [2.75, 3.05) is 26.7 Å². The second-order valence-corrected chi connectivity index (χ2v) is 6.98. The molecule has 0 bridgehead atoms. The van der Waals surface area contributed by atoms with Crippen LogP contribution in [0.25, 0.3) is 0 Å². The summed E-state index contributed by atoms with van der Waals surface area (Å²) in [5, 5.41) is 3.40. The summed E-state index contributed by atoms with van der Waals surface area (Å²) < 4.78 is 2.16. The lowest BCUT2D eigenvalue weighted by molar-refractivity contribution is 0.174. The van der Waals surface area contributed by atoms with Gasteiger partial charge in [-0.05, 0) is 53.2 Å². The molecule has 0 aliphatic carbocycles. The monoisotopic (exact) mass is 463 g/mol. The first-order valence-corrected chi connectivity index (χ1v) is 9.22. The van der Waals surface area contributed by atoms with Gasteiger partial charge in [-0.2, -0.15) is 0 Å². The molecule has 5 nitrogen and oxygen atoms in total. The van der Waals surface area contributed by atoms with Crippen molar-refractivity contribution < 1.29 is 0 Å². The fourth-order valence-corrected chi connectivity index (χ4v) is 3.00. The van der Waals surface area contributed by atoms with Gasteiger partial charge < -0.3 is 14.8 Å². The van der Waals surface area contributed by atoms with E-state index in [2.05, 4.69) is 86.7 Å². The van der Waals surface area contributed by atoms with Crippen LogP contribution in [0.1, 0.15) is 46.7 Å². The Morgan fingerprint density at radius 3 is 2.36 bits per heavy atom. The van der Waals surface area contributed by atoms with Crippen LogP contribution in [-0.2, 0) is 13.6 Å². The molecule has 0 saturated heterocycles. The number of nitrogens with one attached hydrogen (secondary N) is 1. The van der Waals surface area contributed by atoms with E-state index in [0.29, 0.717) is 12.1 Å². The van der Waals surface area contributed by atoms with E-state index in [9.17, 15) is 0 Å². The van der Waals surface area contributed by atoms with Crippen LogP contribution in [0.5, 0.6) is 0 Å². The number of aromatic nitrogens is 1. The number of guanidine groups is 1. The first-order valence-electron chi connectivity index (χ1n) is 9.22. The molecule has 0 atom stereocenters. The van der Waals surface area contributed by atoms with Gasteiger partial charge in [-0.1, -0.05) is 0 Å².